The molecule has 0 spiro atoms. The molecule has 1 aromatic rings. The van der Waals surface area contributed by atoms with E-state index in [1.165, 1.54) is 0 Å². The average Bonchev–Trinajstić information content (AvgIpc) is 3.04. The number of esters is 1. The van der Waals surface area contributed by atoms with Crippen LogP contribution in [0, 0.1) is 0 Å². The van der Waals surface area contributed by atoms with Crippen LogP contribution < -0.4 is 0 Å². The first kappa shape index (κ1) is 44.2. The normalized spacial score (nSPS) is 12.1. The number of carbonyl (C=O) groups is 1. The zero-order chi connectivity index (χ0) is 34.3. The molecule has 0 aliphatic carbocycles. The van der Waals surface area contributed by atoms with Crippen LogP contribution in [0.15, 0.2) is 29.4 Å². The van der Waals surface area contributed by atoms with Crippen molar-refractivity contribution in [3.63, 3.8) is 0 Å². The second kappa shape index (κ2) is 30.0. The molecule has 1 rings (SSSR count). The Morgan fingerprint density at radius 3 is 1.51 bits per heavy atom. The van der Waals surface area contributed by atoms with Gasteiger partial charge in [0, 0.05) is 11.9 Å². The lowest BCUT2D eigenvalue weighted by molar-refractivity contribution is -0.145. The molecule has 0 atom stereocenters. The van der Waals surface area contributed by atoms with Crippen molar-refractivity contribution in [2.24, 2.45) is 0 Å². The Morgan fingerprint density at radius 1 is 0.638 bits per heavy atom. The topological polar surface area (TPSA) is 122 Å². The molecule has 274 valence electrons. The zero-order valence-corrected chi connectivity index (χ0v) is 31.8. The third-order valence-electron chi connectivity index (χ3n) is 6.76. The molecule has 0 amide bonds. The number of hydrogen-bond acceptors (Lipinski definition) is 14. The van der Waals surface area contributed by atoms with Crippen molar-refractivity contribution in [1.82, 2.24) is 4.98 Å². The van der Waals surface area contributed by atoms with Crippen LogP contribution in [0.3, 0.4) is 0 Å². The SMILES string of the molecule is CC(C)(C)[Si](C)(C)OCCOC(=O)CCOCCOCCOCCOCCOCCOCCOCCOCCSSc1ccccn1. The fourth-order valence-electron chi connectivity index (χ4n) is 3.13. The van der Waals surface area contributed by atoms with Crippen molar-refractivity contribution in [3.05, 3.63) is 24.4 Å². The van der Waals surface area contributed by atoms with E-state index in [1.807, 2.05) is 18.2 Å². The Morgan fingerprint density at radius 2 is 1.09 bits per heavy atom. The van der Waals surface area contributed by atoms with Crippen molar-refractivity contribution in [3.8, 4) is 0 Å². The standard InChI is InChI=1S/C32H59NO11S2Si/c1-32(2,3)47(4,5)44-27-26-43-31(34)9-11-35-12-13-36-14-15-37-16-17-38-18-19-39-20-21-40-22-23-41-24-25-42-28-29-45-46-30-8-6-7-10-33-30/h6-8,10H,9,11-29H2,1-5H3. The summed E-state index contributed by atoms with van der Waals surface area (Å²) in [5.41, 5.74) is 0. The van der Waals surface area contributed by atoms with Crippen molar-refractivity contribution >= 4 is 35.9 Å². The predicted octanol–water partition coefficient (Wildman–Crippen LogP) is 4.91. The Balaban J connectivity index is 1.69. The molecular weight excluding hydrogens is 667 g/mol. The van der Waals surface area contributed by atoms with Crippen LogP contribution in [0.2, 0.25) is 18.1 Å². The lowest BCUT2D eigenvalue weighted by atomic mass is 10.2. The van der Waals surface area contributed by atoms with Crippen molar-refractivity contribution < 1.29 is 51.9 Å². The number of hydrogen-bond donors (Lipinski definition) is 0. The summed E-state index contributed by atoms with van der Waals surface area (Å²) in [7, 11) is 1.57. The van der Waals surface area contributed by atoms with Gasteiger partial charge in [-0.3, -0.25) is 4.79 Å². The monoisotopic (exact) mass is 725 g/mol. The Kier molecular flexibility index (Phi) is 28.2. The van der Waals surface area contributed by atoms with Gasteiger partial charge >= 0.3 is 5.97 Å². The molecule has 47 heavy (non-hydrogen) atoms. The maximum atomic E-state index is 11.8. The van der Waals surface area contributed by atoms with E-state index < -0.39 is 8.32 Å². The van der Waals surface area contributed by atoms with Crippen molar-refractivity contribution in [2.45, 2.75) is 50.4 Å². The molecule has 0 saturated carbocycles. The van der Waals surface area contributed by atoms with E-state index in [2.05, 4.69) is 38.8 Å². The van der Waals surface area contributed by atoms with E-state index >= 15 is 0 Å². The highest BCUT2D eigenvalue weighted by Gasteiger charge is 2.36. The van der Waals surface area contributed by atoms with Gasteiger partial charge < -0.3 is 47.1 Å². The largest absolute Gasteiger partial charge is 0.463 e. The minimum atomic E-state index is -1.82. The summed E-state index contributed by atoms with van der Waals surface area (Å²) in [5.74, 6) is 0.616. The third-order valence-corrected chi connectivity index (χ3v) is 13.5. The van der Waals surface area contributed by atoms with Gasteiger partial charge in [-0.25, -0.2) is 4.98 Å². The summed E-state index contributed by atoms with van der Waals surface area (Å²) in [6.45, 7) is 19.5. The lowest BCUT2D eigenvalue weighted by Gasteiger charge is -2.36. The average molecular weight is 726 g/mol. The molecule has 0 bridgehead atoms. The van der Waals surface area contributed by atoms with Gasteiger partial charge in [-0.15, -0.1) is 0 Å². The molecule has 12 nitrogen and oxygen atoms in total. The molecule has 0 aliphatic heterocycles. The molecule has 0 N–H and O–H groups in total. The first-order valence-corrected chi connectivity index (χ1v) is 21.6. The van der Waals surface area contributed by atoms with Crippen LogP contribution >= 0.6 is 21.6 Å². The molecule has 0 fully saturated rings. The highest BCUT2D eigenvalue weighted by molar-refractivity contribution is 8.76. The van der Waals surface area contributed by atoms with Crippen LogP contribution in [-0.4, -0.2) is 144 Å². The van der Waals surface area contributed by atoms with E-state index in [4.69, 9.17) is 47.1 Å². The number of nitrogens with zero attached hydrogens (tertiary/aromatic N) is 1. The van der Waals surface area contributed by atoms with Crippen LogP contribution in [0.5, 0.6) is 0 Å². The van der Waals surface area contributed by atoms with Crippen LogP contribution in [-0.2, 0) is 51.9 Å². The van der Waals surface area contributed by atoms with Gasteiger partial charge in [0.15, 0.2) is 8.32 Å². The van der Waals surface area contributed by atoms with Crippen LogP contribution in [0.1, 0.15) is 27.2 Å². The molecule has 1 heterocycles. The Labute approximate surface area is 291 Å². The maximum Gasteiger partial charge on any atom is 0.308 e. The molecule has 0 aliphatic rings. The van der Waals surface area contributed by atoms with Crippen molar-refractivity contribution in [1.29, 1.82) is 0 Å². The summed E-state index contributed by atoms with van der Waals surface area (Å²) in [5, 5.41) is 1.14. The fraction of sp³-hybridized carbons (Fsp3) is 0.812. The first-order chi connectivity index (χ1) is 22.7. The second-order valence-electron chi connectivity index (χ2n) is 11.6. The summed E-state index contributed by atoms with van der Waals surface area (Å²) in [6.07, 6.45) is 2.01. The van der Waals surface area contributed by atoms with Gasteiger partial charge in [0.25, 0.3) is 0 Å². The highest BCUT2D eigenvalue weighted by atomic mass is 33.1. The summed E-state index contributed by atoms with van der Waals surface area (Å²) in [4.78, 5) is 16.1. The number of pyridine rings is 1. The van der Waals surface area contributed by atoms with E-state index in [-0.39, 0.29) is 24.0 Å². The zero-order valence-electron chi connectivity index (χ0n) is 29.2. The minimum absolute atomic E-state index is 0.136. The molecule has 0 aromatic carbocycles. The van der Waals surface area contributed by atoms with Gasteiger partial charge in [-0.05, 0) is 41.1 Å². The van der Waals surface area contributed by atoms with Gasteiger partial charge in [-0.2, -0.15) is 0 Å². The minimum Gasteiger partial charge on any atom is -0.463 e. The number of carbonyl (C=O) groups excluding carboxylic acids is 1. The predicted molar refractivity (Wildman–Crippen MR) is 188 cm³/mol. The Bertz CT molecular complexity index is 854. The van der Waals surface area contributed by atoms with Gasteiger partial charge in [0.1, 0.15) is 11.6 Å². The molecular formula is C32H59NO11S2Si. The summed E-state index contributed by atoms with van der Waals surface area (Å²) >= 11 is 0. The number of rotatable bonds is 33. The lowest BCUT2D eigenvalue weighted by Crippen LogP contribution is -2.41. The van der Waals surface area contributed by atoms with Crippen LogP contribution in [0.25, 0.3) is 0 Å². The van der Waals surface area contributed by atoms with E-state index in [0.717, 1.165) is 10.8 Å². The first-order valence-electron chi connectivity index (χ1n) is 16.3. The quantitative estimate of drug-likeness (QED) is 0.0422. The maximum absolute atomic E-state index is 11.8. The van der Waals surface area contributed by atoms with Gasteiger partial charge in [0.2, 0.25) is 0 Å². The summed E-state index contributed by atoms with van der Waals surface area (Å²) in [6, 6.07) is 5.89. The molecule has 0 saturated heterocycles. The second-order valence-corrected chi connectivity index (χ2v) is 18.8. The van der Waals surface area contributed by atoms with E-state index in [0.29, 0.717) is 112 Å². The smallest absolute Gasteiger partial charge is 0.308 e. The molecule has 0 unspecified atom stereocenters. The van der Waals surface area contributed by atoms with Gasteiger partial charge in [0.05, 0.1) is 119 Å². The van der Waals surface area contributed by atoms with Crippen LogP contribution in [0.4, 0.5) is 0 Å². The van der Waals surface area contributed by atoms with E-state index in [9.17, 15) is 4.79 Å². The molecule has 1 aromatic heterocycles. The number of aromatic nitrogens is 1. The molecule has 0 radical (unpaired) electrons. The van der Waals surface area contributed by atoms with Gasteiger partial charge in [-0.1, -0.05) is 37.6 Å². The third kappa shape index (κ3) is 27.7. The Hall–Kier alpha value is -0.823. The molecule has 15 heteroatoms. The number of ether oxygens (including phenoxy) is 9. The highest BCUT2D eigenvalue weighted by Crippen LogP contribution is 2.36. The summed E-state index contributed by atoms with van der Waals surface area (Å²) < 4.78 is 55.1. The fourth-order valence-corrected chi connectivity index (χ4v) is 5.90. The van der Waals surface area contributed by atoms with Crippen molar-refractivity contribution in [2.75, 3.05) is 125 Å². The van der Waals surface area contributed by atoms with E-state index in [1.54, 1.807) is 27.8 Å².